The quantitative estimate of drug-likeness (QED) is 0.786. The largest absolute Gasteiger partial charge is 0.454 e. The lowest BCUT2D eigenvalue weighted by Crippen LogP contribution is -2.32. The summed E-state index contributed by atoms with van der Waals surface area (Å²) in [7, 11) is -3.43. The average Bonchev–Trinajstić information content (AvgIpc) is 3.06. The van der Waals surface area contributed by atoms with E-state index in [1.165, 1.54) is 10.6 Å². The second-order valence-corrected chi connectivity index (χ2v) is 8.25. The second kappa shape index (κ2) is 7.87. The first-order valence-corrected chi connectivity index (χ1v) is 10.4. The molecule has 2 aromatic carbocycles. The minimum absolute atomic E-state index is 0.174. The van der Waals surface area contributed by atoms with Gasteiger partial charge in [-0.3, -0.25) is 9.10 Å². The molecule has 0 saturated heterocycles. The molecule has 0 radical (unpaired) electrons. The number of rotatable bonds is 7. The fourth-order valence-electron chi connectivity index (χ4n) is 2.89. The number of hydrogen-bond acceptors (Lipinski definition) is 5. The van der Waals surface area contributed by atoms with Crippen LogP contribution in [0, 0.1) is 6.92 Å². The van der Waals surface area contributed by atoms with Crippen molar-refractivity contribution in [2.75, 3.05) is 29.2 Å². The smallest absolute Gasteiger partial charge is 0.232 e. The zero-order valence-electron chi connectivity index (χ0n) is 15.3. The van der Waals surface area contributed by atoms with Crippen molar-refractivity contribution in [2.45, 2.75) is 19.8 Å². The van der Waals surface area contributed by atoms with Gasteiger partial charge in [0, 0.05) is 24.7 Å². The zero-order valence-corrected chi connectivity index (χ0v) is 16.1. The maximum Gasteiger partial charge on any atom is 0.232 e. The SMILES string of the molecule is Cc1ccccc1N(CCCC(=O)Nc1ccc2c(c1)OCO2)S(C)(=O)=O. The molecule has 27 heavy (non-hydrogen) atoms. The van der Waals surface area contributed by atoms with E-state index in [2.05, 4.69) is 5.32 Å². The lowest BCUT2D eigenvalue weighted by atomic mass is 10.2. The van der Waals surface area contributed by atoms with E-state index in [1.54, 1.807) is 30.3 Å². The van der Waals surface area contributed by atoms with Crippen LogP contribution in [0.3, 0.4) is 0 Å². The van der Waals surface area contributed by atoms with Gasteiger partial charge >= 0.3 is 0 Å². The Morgan fingerprint density at radius 1 is 1.15 bits per heavy atom. The molecule has 0 aromatic heterocycles. The fraction of sp³-hybridized carbons (Fsp3) is 0.316. The van der Waals surface area contributed by atoms with E-state index in [4.69, 9.17) is 9.47 Å². The summed E-state index contributed by atoms with van der Waals surface area (Å²) in [5.41, 5.74) is 2.12. The molecule has 0 bridgehead atoms. The number of hydrogen-bond donors (Lipinski definition) is 1. The Bertz CT molecular complexity index is 943. The second-order valence-electron chi connectivity index (χ2n) is 6.34. The first kappa shape index (κ1) is 19.0. The lowest BCUT2D eigenvalue weighted by Gasteiger charge is -2.24. The average molecular weight is 390 g/mol. The minimum atomic E-state index is -3.43. The predicted octanol–water partition coefficient (Wildman–Crippen LogP) is 2.91. The monoisotopic (exact) mass is 390 g/mol. The van der Waals surface area contributed by atoms with Crippen LogP contribution in [0.2, 0.25) is 0 Å². The summed E-state index contributed by atoms with van der Waals surface area (Å²) in [4.78, 5) is 12.2. The van der Waals surface area contributed by atoms with Gasteiger partial charge in [-0.25, -0.2) is 8.42 Å². The van der Waals surface area contributed by atoms with Gasteiger partial charge in [-0.15, -0.1) is 0 Å². The highest BCUT2D eigenvalue weighted by Crippen LogP contribution is 2.34. The van der Waals surface area contributed by atoms with E-state index in [0.717, 1.165) is 5.56 Å². The fourth-order valence-corrected chi connectivity index (χ4v) is 3.91. The summed E-state index contributed by atoms with van der Waals surface area (Å²) >= 11 is 0. The first-order chi connectivity index (χ1) is 12.8. The maximum absolute atomic E-state index is 12.2. The molecule has 144 valence electrons. The summed E-state index contributed by atoms with van der Waals surface area (Å²) in [6.45, 7) is 2.27. The van der Waals surface area contributed by atoms with Crippen LogP contribution in [0.1, 0.15) is 18.4 Å². The molecule has 0 spiro atoms. The van der Waals surface area contributed by atoms with Crippen molar-refractivity contribution in [1.29, 1.82) is 0 Å². The van der Waals surface area contributed by atoms with Gasteiger partial charge in [0.2, 0.25) is 22.7 Å². The zero-order chi connectivity index (χ0) is 19.4. The standard InChI is InChI=1S/C19H22N2O5S/c1-14-6-3-4-7-16(14)21(27(2,23)24)11-5-8-19(22)20-15-9-10-17-18(12-15)26-13-25-17/h3-4,6-7,9-10,12H,5,8,11,13H2,1-2H3,(H,20,22). The molecule has 1 N–H and O–H groups in total. The molecule has 1 amide bonds. The maximum atomic E-state index is 12.2. The Labute approximate surface area is 158 Å². The van der Waals surface area contributed by atoms with Crippen molar-refractivity contribution in [1.82, 2.24) is 0 Å². The molecule has 1 aliphatic heterocycles. The molecular weight excluding hydrogens is 368 g/mol. The van der Waals surface area contributed by atoms with Gasteiger partial charge < -0.3 is 14.8 Å². The van der Waals surface area contributed by atoms with Gasteiger partial charge in [-0.05, 0) is 37.1 Å². The summed E-state index contributed by atoms with van der Waals surface area (Å²) in [5.74, 6) is 1.05. The van der Waals surface area contributed by atoms with E-state index in [-0.39, 0.29) is 25.7 Å². The molecule has 0 saturated carbocycles. The highest BCUT2D eigenvalue weighted by atomic mass is 32.2. The van der Waals surface area contributed by atoms with Gasteiger partial charge in [-0.2, -0.15) is 0 Å². The Morgan fingerprint density at radius 2 is 1.89 bits per heavy atom. The molecule has 1 heterocycles. The summed E-state index contributed by atoms with van der Waals surface area (Å²) in [5, 5.41) is 2.79. The summed E-state index contributed by atoms with van der Waals surface area (Å²) < 4.78 is 36.2. The van der Waals surface area contributed by atoms with Crippen molar-refractivity contribution in [2.24, 2.45) is 0 Å². The van der Waals surface area contributed by atoms with E-state index in [9.17, 15) is 13.2 Å². The van der Waals surface area contributed by atoms with E-state index in [0.29, 0.717) is 29.3 Å². The Kier molecular flexibility index (Phi) is 5.55. The minimum Gasteiger partial charge on any atom is -0.454 e. The Balaban J connectivity index is 1.58. The number of nitrogens with zero attached hydrogens (tertiary/aromatic N) is 1. The van der Waals surface area contributed by atoms with Gasteiger partial charge in [0.25, 0.3) is 0 Å². The third kappa shape index (κ3) is 4.71. The highest BCUT2D eigenvalue weighted by Gasteiger charge is 2.19. The Morgan fingerprint density at radius 3 is 2.63 bits per heavy atom. The van der Waals surface area contributed by atoms with Crippen LogP contribution in [0.5, 0.6) is 11.5 Å². The molecule has 2 aromatic rings. The highest BCUT2D eigenvalue weighted by molar-refractivity contribution is 7.92. The topological polar surface area (TPSA) is 84.9 Å². The molecule has 0 unspecified atom stereocenters. The van der Waals surface area contributed by atoms with Gasteiger partial charge in [0.15, 0.2) is 11.5 Å². The van der Waals surface area contributed by atoms with E-state index >= 15 is 0 Å². The summed E-state index contributed by atoms with van der Waals surface area (Å²) in [6.07, 6.45) is 1.77. The first-order valence-electron chi connectivity index (χ1n) is 8.57. The molecular formula is C19H22N2O5S. The molecule has 1 aliphatic rings. The van der Waals surface area contributed by atoms with Crippen molar-refractivity contribution >= 4 is 27.3 Å². The van der Waals surface area contributed by atoms with Crippen molar-refractivity contribution in [3.8, 4) is 11.5 Å². The number of nitrogens with one attached hydrogen (secondary N) is 1. The third-order valence-electron chi connectivity index (χ3n) is 4.21. The molecule has 8 heteroatoms. The number of aryl methyl sites for hydroxylation is 1. The van der Waals surface area contributed by atoms with Crippen LogP contribution >= 0.6 is 0 Å². The van der Waals surface area contributed by atoms with Gasteiger partial charge in [0.05, 0.1) is 11.9 Å². The molecule has 7 nitrogen and oxygen atoms in total. The Hall–Kier alpha value is -2.74. The van der Waals surface area contributed by atoms with Crippen LogP contribution in [0.25, 0.3) is 0 Å². The van der Waals surface area contributed by atoms with Crippen molar-refractivity contribution in [3.63, 3.8) is 0 Å². The number of carbonyl (C=O) groups is 1. The number of ether oxygens (including phenoxy) is 2. The number of anilines is 2. The predicted molar refractivity (Wildman–Crippen MR) is 104 cm³/mol. The van der Waals surface area contributed by atoms with Crippen molar-refractivity contribution < 1.29 is 22.7 Å². The lowest BCUT2D eigenvalue weighted by molar-refractivity contribution is -0.116. The van der Waals surface area contributed by atoms with E-state index in [1.807, 2.05) is 19.1 Å². The molecule has 0 atom stereocenters. The van der Waals surface area contributed by atoms with Crippen LogP contribution in [-0.2, 0) is 14.8 Å². The van der Waals surface area contributed by atoms with Crippen LogP contribution < -0.4 is 19.1 Å². The number of fused-ring (bicyclic) bond motifs is 1. The number of amides is 1. The van der Waals surface area contributed by atoms with Crippen molar-refractivity contribution in [3.05, 3.63) is 48.0 Å². The third-order valence-corrected chi connectivity index (χ3v) is 5.39. The molecule has 3 rings (SSSR count). The molecule has 0 aliphatic carbocycles. The summed E-state index contributed by atoms with van der Waals surface area (Å²) in [6, 6.07) is 12.5. The number of benzene rings is 2. The number of carbonyl (C=O) groups excluding carboxylic acids is 1. The van der Waals surface area contributed by atoms with Gasteiger partial charge in [0.1, 0.15) is 0 Å². The van der Waals surface area contributed by atoms with Crippen LogP contribution in [-0.4, -0.2) is 33.9 Å². The number of sulfonamides is 1. The molecule has 0 fully saturated rings. The van der Waals surface area contributed by atoms with Gasteiger partial charge in [-0.1, -0.05) is 18.2 Å². The van der Waals surface area contributed by atoms with Crippen LogP contribution in [0.15, 0.2) is 42.5 Å². The van der Waals surface area contributed by atoms with E-state index < -0.39 is 10.0 Å². The normalized spacial score (nSPS) is 12.7. The number of para-hydroxylation sites is 1. The van der Waals surface area contributed by atoms with Crippen LogP contribution in [0.4, 0.5) is 11.4 Å².